The topological polar surface area (TPSA) is 78.2 Å². The Balaban J connectivity index is 1.34. The van der Waals surface area contributed by atoms with Crippen LogP contribution < -0.4 is 14.2 Å². The largest absolute Gasteiger partial charge is 0.493 e. The van der Waals surface area contributed by atoms with Crippen molar-refractivity contribution in [2.45, 2.75) is 32.0 Å². The highest BCUT2D eigenvalue weighted by Gasteiger charge is 2.33. The van der Waals surface area contributed by atoms with Crippen molar-refractivity contribution in [3.63, 3.8) is 0 Å². The summed E-state index contributed by atoms with van der Waals surface area (Å²) in [5.74, 6) is 2.16. The van der Waals surface area contributed by atoms with E-state index < -0.39 is 5.60 Å². The van der Waals surface area contributed by atoms with Gasteiger partial charge < -0.3 is 24.1 Å². The van der Waals surface area contributed by atoms with Crippen LogP contribution in [-0.4, -0.2) is 72.0 Å². The SMILES string of the molecule is COc1ccc(CN2CCOC[C@@](O)(COc3ccc(C)cc3)C2)cc1OCCCn1cccn1. The third-order valence-corrected chi connectivity index (χ3v) is 5.95. The second-order valence-corrected chi connectivity index (χ2v) is 9.05. The Morgan fingerprint density at radius 3 is 2.74 bits per heavy atom. The number of aryl methyl sites for hydroxylation is 2. The third-order valence-electron chi connectivity index (χ3n) is 5.95. The average molecular weight is 482 g/mol. The first-order valence-corrected chi connectivity index (χ1v) is 12.0. The number of aliphatic hydroxyl groups is 1. The van der Waals surface area contributed by atoms with Crippen LogP contribution in [0.25, 0.3) is 0 Å². The lowest BCUT2D eigenvalue weighted by molar-refractivity contribution is -0.0646. The molecule has 2 heterocycles. The van der Waals surface area contributed by atoms with Gasteiger partial charge in [-0.25, -0.2) is 0 Å². The number of ether oxygens (including phenoxy) is 4. The zero-order valence-electron chi connectivity index (χ0n) is 20.6. The van der Waals surface area contributed by atoms with Gasteiger partial charge in [-0.15, -0.1) is 0 Å². The van der Waals surface area contributed by atoms with Gasteiger partial charge >= 0.3 is 0 Å². The van der Waals surface area contributed by atoms with Crippen LogP contribution in [0.4, 0.5) is 0 Å². The second kappa shape index (κ2) is 12.1. The number of aromatic nitrogens is 2. The normalized spacial score (nSPS) is 18.7. The van der Waals surface area contributed by atoms with E-state index in [0.29, 0.717) is 32.1 Å². The smallest absolute Gasteiger partial charge is 0.161 e. The maximum absolute atomic E-state index is 11.2. The van der Waals surface area contributed by atoms with Gasteiger partial charge in [0, 0.05) is 45.0 Å². The van der Waals surface area contributed by atoms with Crippen molar-refractivity contribution >= 4 is 0 Å². The van der Waals surface area contributed by atoms with Crippen molar-refractivity contribution in [3.8, 4) is 17.2 Å². The van der Waals surface area contributed by atoms with Crippen LogP contribution in [0.3, 0.4) is 0 Å². The summed E-state index contributed by atoms with van der Waals surface area (Å²) in [7, 11) is 1.64. The van der Waals surface area contributed by atoms with E-state index in [4.69, 9.17) is 18.9 Å². The molecule has 1 aromatic heterocycles. The van der Waals surface area contributed by atoms with Crippen molar-refractivity contribution in [3.05, 3.63) is 72.1 Å². The fourth-order valence-electron chi connectivity index (χ4n) is 4.10. The van der Waals surface area contributed by atoms with E-state index in [1.807, 2.05) is 66.3 Å². The summed E-state index contributed by atoms with van der Waals surface area (Å²) in [4.78, 5) is 2.19. The molecule has 8 heteroatoms. The fraction of sp³-hybridized carbons (Fsp3) is 0.444. The van der Waals surface area contributed by atoms with Gasteiger partial charge in [0.1, 0.15) is 18.0 Å². The molecule has 1 aliphatic heterocycles. The predicted molar refractivity (Wildman–Crippen MR) is 133 cm³/mol. The number of methoxy groups -OCH3 is 1. The zero-order valence-corrected chi connectivity index (χ0v) is 20.6. The third kappa shape index (κ3) is 7.45. The van der Waals surface area contributed by atoms with Crippen molar-refractivity contribution in [2.75, 3.05) is 46.6 Å². The van der Waals surface area contributed by atoms with Gasteiger partial charge in [0.2, 0.25) is 0 Å². The molecule has 1 fully saturated rings. The van der Waals surface area contributed by atoms with Gasteiger partial charge in [-0.3, -0.25) is 9.58 Å². The van der Waals surface area contributed by atoms with Crippen LogP contribution in [0, 0.1) is 6.92 Å². The number of nitrogens with zero attached hydrogens (tertiary/aromatic N) is 3. The predicted octanol–water partition coefficient (Wildman–Crippen LogP) is 3.31. The lowest BCUT2D eigenvalue weighted by Crippen LogP contribution is -2.48. The summed E-state index contributed by atoms with van der Waals surface area (Å²) in [6.45, 7) is 6.18. The van der Waals surface area contributed by atoms with E-state index >= 15 is 0 Å². The molecule has 35 heavy (non-hydrogen) atoms. The van der Waals surface area contributed by atoms with E-state index in [9.17, 15) is 5.11 Å². The Bertz CT molecular complexity index is 1040. The van der Waals surface area contributed by atoms with Gasteiger partial charge in [0.25, 0.3) is 0 Å². The molecule has 3 aromatic rings. The quantitative estimate of drug-likeness (QED) is 0.421. The molecule has 1 atom stereocenters. The van der Waals surface area contributed by atoms with E-state index in [2.05, 4.69) is 10.00 Å². The maximum Gasteiger partial charge on any atom is 0.161 e. The Labute approximate surface area is 207 Å². The number of hydrogen-bond acceptors (Lipinski definition) is 7. The minimum Gasteiger partial charge on any atom is -0.493 e. The van der Waals surface area contributed by atoms with Crippen LogP contribution in [0.1, 0.15) is 17.5 Å². The summed E-state index contributed by atoms with van der Waals surface area (Å²) >= 11 is 0. The lowest BCUT2D eigenvalue weighted by Gasteiger charge is -2.30. The highest BCUT2D eigenvalue weighted by Crippen LogP contribution is 2.29. The Morgan fingerprint density at radius 1 is 1.11 bits per heavy atom. The van der Waals surface area contributed by atoms with E-state index in [-0.39, 0.29) is 13.2 Å². The van der Waals surface area contributed by atoms with E-state index in [0.717, 1.165) is 36.6 Å². The summed E-state index contributed by atoms with van der Waals surface area (Å²) < 4.78 is 25.0. The van der Waals surface area contributed by atoms with Crippen LogP contribution >= 0.6 is 0 Å². The van der Waals surface area contributed by atoms with E-state index in [1.165, 1.54) is 5.56 Å². The highest BCUT2D eigenvalue weighted by atomic mass is 16.5. The van der Waals surface area contributed by atoms with Crippen molar-refractivity contribution in [2.24, 2.45) is 0 Å². The zero-order chi connectivity index (χ0) is 24.5. The van der Waals surface area contributed by atoms with Gasteiger partial charge in [0.05, 0.1) is 26.9 Å². The fourth-order valence-corrected chi connectivity index (χ4v) is 4.10. The lowest BCUT2D eigenvalue weighted by atomic mass is 10.1. The van der Waals surface area contributed by atoms with Crippen LogP contribution in [-0.2, 0) is 17.8 Å². The molecular formula is C27H35N3O5. The minimum absolute atomic E-state index is 0.166. The van der Waals surface area contributed by atoms with Crippen LogP contribution in [0.2, 0.25) is 0 Å². The molecule has 1 aliphatic rings. The monoisotopic (exact) mass is 481 g/mol. The van der Waals surface area contributed by atoms with Gasteiger partial charge in [-0.05, 0) is 42.8 Å². The molecule has 0 saturated carbocycles. The van der Waals surface area contributed by atoms with Crippen molar-refractivity contribution in [1.29, 1.82) is 0 Å². The van der Waals surface area contributed by atoms with Crippen molar-refractivity contribution in [1.82, 2.24) is 14.7 Å². The standard InChI is InChI=1S/C27H35N3O5/c1-22-5-8-24(9-6-22)35-21-27(31)19-29(14-16-33-20-27)18-23-7-10-25(32-2)26(17-23)34-15-4-13-30-12-3-11-28-30/h3,5-12,17,31H,4,13-16,18-21H2,1-2H3/t27-/m1/s1. The van der Waals surface area contributed by atoms with Gasteiger partial charge in [-0.2, -0.15) is 5.10 Å². The van der Waals surface area contributed by atoms with Gasteiger partial charge in [-0.1, -0.05) is 23.8 Å². The molecule has 0 amide bonds. The number of rotatable bonds is 11. The molecule has 4 rings (SSSR count). The molecule has 8 nitrogen and oxygen atoms in total. The first-order chi connectivity index (χ1) is 17.0. The number of benzene rings is 2. The summed E-state index contributed by atoms with van der Waals surface area (Å²) in [5.41, 5.74) is 1.15. The molecule has 1 saturated heterocycles. The van der Waals surface area contributed by atoms with E-state index in [1.54, 1.807) is 13.3 Å². The van der Waals surface area contributed by atoms with Crippen LogP contribution in [0.15, 0.2) is 60.9 Å². The molecule has 0 unspecified atom stereocenters. The highest BCUT2D eigenvalue weighted by molar-refractivity contribution is 5.43. The molecular weight excluding hydrogens is 446 g/mol. The molecule has 0 aliphatic carbocycles. The summed E-state index contributed by atoms with van der Waals surface area (Å²) in [6, 6.07) is 15.7. The number of β-amino-alcohol motifs (C(OH)–C–C–N with tert-alkyl or cyclic N) is 1. The summed E-state index contributed by atoms with van der Waals surface area (Å²) in [6.07, 6.45) is 4.56. The summed E-state index contributed by atoms with van der Waals surface area (Å²) in [5, 5.41) is 15.4. The first kappa shape index (κ1) is 25.0. The minimum atomic E-state index is -1.10. The molecule has 1 N–H and O–H groups in total. The maximum atomic E-state index is 11.2. The second-order valence-electron chi connectivity index (χ2n) is 9.05. The van der Waals surface area contributed by atoms with Crippen LogP contribution in [0.5, 0.6) is 17.2 Å². The first-order valence-electron chi connectivity index (χ1n) is 12.0. The molecule has 0 radical (unpaired) electrons. The average Bonchev–Trinajstić information content (AvgIpc) is 3.31. The molecule has 0 bridgehead atoms. The Kier molecular flexibility index (Phi) is 8.63. The van der Waals surface area contributed by atoms with Crippen molar-refractivity contribution < 1.29 is 24.1 Å². The van der Waals surface area contributed by atoms with Gasteiger partial charge in [0.15, 0.2) is 11.5 Å². The Morgan fingerprint density at radius 2 is 1.97 bits per heavy atom. The molecule has 188 valence electrons. The molecule has 0 spiro atoms. The number of hydrogen-bond donors (Lipinski definition) is 1. The molecule has 2 aromatic carbocycles. The Hall–Kier alpha value is -3.07.